The molecule has 7 heteroatoms. The Morgan fingerprint density at radius 3 is 2.81 bits per heavy atom. The Hall–Kier alpha value is -1.76. The van der Waals surface area contributed by atoms with E-state index in [0.717, 1.165) is 30.2 Å². The van der Waals surface area contributed by atoms with Crippen molar-refractivity contribution < 1.29 is 4.74 Å². The number of rotatable bonds is 7. The summed E-state index contributed by atoms with van der Waals surface area (Å²) in [4.78, 5) is 0. The standard InChI is InChI=1S/C14H23N5OS/c1-9(2)20-12-13(15)18-21-14(12)16-6-5-7-19-11(4)8-10(3)17-19/h8-9,16H,5-7H2,1-4H3,(H2,15,18). The van der Waals surface area contributed by atoms with Crippen LogP contribution in [0, 0.1) is 13.8 Å². The van der Waals surface area contributed by atoms with E-state index in [-0.39, 0.29) is 6.10 Å². The minimum absolute atomic E-state index is 0.0824. The van der Waals surface area contributed by atoms with Crippen molar-refractivity contribution in [3.63, 3.8) is 0 Å². The number of aryl methyl sites for hydroxylation is 3. The molecule has 0 aliphatic carbocycles. The number of nitrogens with one attached hydrogen (secondary N) is 1. The van der Waals surface area contributed by atoms with Gasteiger partial charge < -0.3 is 15.8 Å². The first-order valence-electron chi connectivity index (χ1n) is 7.14. The summed E-state index contributed by atoms with van der Waals surface area (Å²) in [5.74, 6) is 1.12. The van der Waals surface area contributed by atoms with Crippen LogP contribution in [0.15, 0.2) is 6.07 Å². The molecule has 2 heterocycles. The van der Waals surface area contributed by atoms with Crippen LogP contribution in [0.2, 0.25) is 0 Å². The first-order valence-corrected chi connectivity index (χ1v) is 7.91. The van der Waals surface area contributed by atoms with Gasteiger partial charge in [0.1, 0.15) is 0 Å². The second-order valence-corrected chi connectivity index (χ2v) is 6.10. The van der Waals surface area contributed by atoms with Gasteiger partial charge in [-0.1, -0.05) is 0 Å². The van der Waals surface area contributed by atoms with E-state index in [0.29, 0.717) is 11.6 Å². The molecule has 0 aliphatic heterocycles. The number of anilines is 2. The quantitative estimate of drug-likeness (QED) is 0.769. The minimum Gasteiger partial charge on any atom is -0.484 e. The molecule has 3 N–H and O–H groups in total. The number of nitrogens with two attached hydrogens (primary N) is 1. The van der Waals surface area contributed by atoms with E-state index in [4.69, 9.17) is 10.5 Å². The third kappa shape index (κ3) is 4.10. The van der Waals surface area contributed by atoms with Crippen LogP contribution >= 0.6 is 11.5 Å². The number of nitrogens with zero attached hydrogens (tertiary/aromatic N) is 3. The Kier molecular flexibility index (Phi) is 5.06. The van der Waals surface area contributed by atoms with Crippen LogP contribution in [-0.2, 0) is 6.54 Å². The van der Waals surface area contributed by atoms with Crippen LogP contribution in [-0.4, -0.2) is 26.8 Å². The van der Waals surface area contributed by atoms with Crippen LogP contribution in [0.25, 0.3) is 0 Å². The summed E-state index contributed by atoms with van der Waals surface area (Å²) in [5, 5.41) is 8.69. The van der Waals surface area contributed by atoms with Crippen molar-refractivity contribution in [3.8, 4) is 5.75 Å². The van der Waals surface area contributed by atoms with Gasteiger partial charge >= 0.3 is 0 Å². The number of hydrogen-bond acceptors (Lipinski definition) is 6. The maximum Gasteiger partial charge on any atom is 0.197 e. The van der Waals surface area contributed by atoms with E-state index in [1.807, 2.05) is 25.5 Å². The molecule has 0 unspecified atom stereocenters. The maximum atomic E-state index is 5.83. The Morgan fingerprint density at radius 2 is 2.19 bits per heavy atom. The average Bonchev–Trinajstić information content (AvgIpc) is 2.90. The van der Waals surface area contributed by atoms with Crippen molar-refractivity contribution in [2.75, 3.05) is 17.6 Å². The molecule has 0 aromatic carbocycles. The number of aromatic nitrogens is 3. The van der Waals surface area contributed by atoms with Crippen molar-refractivity contribution in [3.05, 3.63) is 17.5 Å². The third-order valence-corrected chi connectivity index (χ3v) is 3.76. The number of nitrogen functional groups attached to an aromatic ring is 1. The summed E-state index contributed by atoms with van der Waals surface area (Å²) < 4.78 is 11.9. The van der Waals surface area contributed by atoms with Crippen LogP contribution in [0.1, 0.15) is 31.7 Å². The molecule has 0 amide bonds. The van der Waals surface area contributed by atoms with Crippen LogP contribution in [0.4, 0.5) is 10.8 Å². The second-order valence-electron chi connectivity index (χ2n) is 5.32. The zero-order valence-corrected chi connectivity index (χ0v) is 13.8. The molecule has 0 spiro atoms. The molecule has 0 atom stereocenters. The molecule has 2 aromatic rings. The molecule has 21 heavy (non-hydrogen) atoms. The molecule has 6 nitrogen and oxygen atoms in total. The predicted molar refractivity (Wildman–Crippen MR) is 87.1 cm³/mol. The minimum atomic E-state index is 0.0824. The zero-order valence-electron chi connectivity index (χ0n) is 13.0. The van der Waals surface area contributed by atoms with E-state index in [1.165, 1.54) is 17.2 Å². The summed E-state index contributed by atoms with van der Waals surface area (Å²) in [7, 11) is 0. The van der Waals surface area contributed by atoms with Gasteiger partial charge in [0.15, 0.2) is 16.6 Å². The van der Waals surface area contributed by atoms with E-state index >= 15 is 0 Å². The SMILES string of the molecule is Cc1cc(C)n(CCCNc2snc(N)c2OC(C)C)n1. The second kappa shape index (κ2) is 6.80. The smallest absolute Gasteiger partial charge is 0.197 e. The van der Waals surface area contributed by atoms with Gasteiger partial charge in [0.25, 0.3) is 0 Å². The number of hydrogen-bond donors (Lipinski definition) is 2. The summed E-state index contributed by atoms with van der Waals surface area (Å²) in [5.41, 5.74) is 8.08. The summed E-state index contributed by atoms with van der Waals surface area (Å²) >= 11 is 1.34. The molecular weight excluding hydrogens is 286 g/mol. The Morgan fingerprint density at radius 1 is 1.43 bits per heavy atom. The van der Waals surface area contributed by atoms with Crippen molar-refractivity contribution in [2.24, 2.45) is 0 Å². The lowest BCUT2D eigenvalue weighted by Gasteiger charge is -2.11. The van der Waals surface area contributed by atoms with Gasteiger partial charge in [-0.3, -0.25) is 4.68 Å². The summed E-state index contributed by atoms with van der Waals surface area (Å²) in [6, 6.07) is 2.09. The van der Waals surface area contributed by atoms with Gasteiger partial charge in [-0.15, -0.1) is 0 Å². The highest BCUT2D eigenvalue weighted by Crippen LogP contribution is 2.35. The van der Waals surface area contributed by atoms with Crippen LogP contribution in [0.5, 0.6) is 5.75 Å². The fourth-order valence-corrected chi connectivity index (χ4v) is 2.76. The first kappa shape index (κ1) is 15.6. The fourth-order valence-electron chi connectivity index (χ4n) is 2.09. The van der Waals surface area contributed by atoms with E-state index < -0.39 is 0 Å². The molecule has 0 bridgehead atoms. The summed E-state index contributed by atoms with van der Waals surface area (Å²) in [6.45, 7) is 9.76. The van der Waals surface area contributed by atoms with Crippen LogP contribution < -0.4 is 15.8 Å². The lowest BCUT2D eigenvalue weighted by molar-refractivity contribution is 0.245. The molecule has 0 radical (unpaired) electrons. The van der Waals surface area contributed by atoms with Crippen molar-refractivity contribution in [2.45, 2.75) is 46.8 Å². The van der Waals surface area contributed by atoms with Crippen LogP contribution in [0.3, 0.4) is 0 Å². The Labute approximate surface area is 129 Å². The van der Waals surface area contributed by atoms with E-state index in [9.17, 15) is 0 Å². The van der Waals surface area contributed by atoms with Gasteiger partial charge in [-0.05, 0) is 51.7 Å². The molecular formula is C14H23N5OS. The first-order chi connectivity index (χ1) is 9.97. The highest BCUT2D eigenvalue weighted by molar-refractivity contribution is 7.11. The normalized spacial score (nSPS) is 11.1. The molecule has 0 saturated heterocycles. The monoisotopic (exact) mass is 309 g/mol. The Bertz CT molecular complexity index is 590. The van der Waals surface area contributed by atoms with Gasteiger partial charge in [-0.25, -0.2) is 0 Å². The lowest BCUT2D eigenvalue weighted by atomic mass is 10.4. The lowest BCUT2D eigenvalue weighted by Crippen LogP contribution is -2.11. The van der Waals surface area contributed by atoms with Gasteiger partial charge in [0.05, 0.1) is 11.8 Å². The van der Waals surface area contributed by atoms with Crippen molar-refractivity contribution in [1.29, 1.82) is 0 Å². The average molecular weight is 309 g/mol. The molecule has 116 valence electrons. The highest BCUT2D eigenvalue weighted by atomic mass is 32.1. The third-order valence-electron chi connectivity index (χ3n) is 2.96. The molecule has 0 aliphatic rings. The topological polar surface area (TPSA) is 78.0 Å². The van der Waals surface area contributed by atoms with Gasteiger partial charge in [-0.2, -0.15) is 9.47 Å². The number of ether oxygens (including phenoxy) is 1. The predicted octanol–water partition coefficient (Wildman–Crippen LogP) is 2.83. The largest absolute Gasteiger partial charge is 0.484 e. The molecule has 2 aromatic heterocycles. The Balaban J connectivity index is 1.85. The van der Waals surface area contributed by atoms with E-state index in [1.54, 1.807) is 0 Å². The summed E-state index contributed by atoms with van der Waals surface area (Å²) in [6.07, 6.45) is 1.06. The zero-order chi connectivity index (χ0) is 15.4. The molecule has 0 fully saturated rings. The van der Waals surface area contributed by atoms with Crippen molar-refractivity contribution in [1.82, 2.24) is 14.2 Å². The van der Waals surface area contributed by atoms with Gasteiger partial charge in [0, 0.05) is 18.8 Å². The fraction of sp³-hybridized carbons (Fsp3) is 0.571. The van der Waals surface area contributed by atoms with E-state index in [2.05, 4.69) is 27.8 Å². The maximum absolute atomic E-state index is 5.83. The molecule has 0 saturated carbocycles. The van der Waals surface area contributed by atoms with Gasteiger partial charge in [0.2, 0.25) is 0 Å². The molecule has 2 rings (SSSR count). The van der Waals surface area contributed by atoms with Crippen molar-refractivity contribution >= 4 is 22.4 Å². The highest BCUT2D eigenvalue weighted by Gasteiger charge is 2.14.